The predicted octanol–water partition coefficient (Wildman–Crippen LogP) is 3.18. The van der Waals surface area contributed by atoms with Crippen LogP contribution in [-0.2, 0) is 6.42 Å². The molecule has 0 fully saturated rings. The van der Waals surface area contributed by atoms with Crippen molar-refractivity contribution in [1.82, 2.24) is 10.2 Å². The van der Waals surface area contributed by atoms with Gasteiger partial charge in [0.2, 0.25) is 0 Å². The number of likely N-dealkylation sites (N-methyl/N-ethyl adjacent to an activating group) is 1. The van der Waals surface area contributed by atoms with E-state index in [0.717, 1.165) is 13.0 Å². The fourth-order valence-corrected chi connectivity index (χ4v) is 2.56. The summed E-state index contributed by atoms with van der Waals surface area (Å²) >= 11 is 0. The van der Waals surface area contributed by atoms with Crippen LogP contribution < -0.4 is 5.32 Å². The van der Waals surface area contributed by atoms with E-state index in [1.807, 2.05) is 0 Å². The number of rotatable bonds is 8. The lowest BCUT2D eigenvalue weighted by atomic mass is 10.0. The third kappa shape index (κ3) is 5.75. The highest BCUT2D eigenvalue weighted by Gasteiger charge is 2.17. The second-order valence-electron chi connectivity index (χ2n) is 5.98. The van der Waals surface area contributed by atoms with E-state index in [0.29, 0.717) is 18.0 Å². The minimum Gasteiger partial charge on any atom is -0.312 e. The monoisotopic (exact) mass is 262 g/mol. The normalized spacial score (nSPS) is 14.9. The van der Waals surface area contributed by atoms with E-state index in [4.69, 9.17) is 0 Å². The number of benzene rings is 1. The van der Waals surface area contributed by atoms with Crippen molar-refractivity contribution in [3.63, 3.8) is 0 Å². The van der Waals surface area contributed by atoms with Crippen LogP contribution in [0.15, 0.2) is 30.3 Å². The van der Waals surface area contributed by atoms with Crippen LogP contribution in [0.3, 0.4) is 0 Å². The Morgan fingerprint density at radius 3 is 2.21 bits per heavy atom. The third-order valence-electron chi connectivity index (χ3n) is 3.87. The molecule has 2 unspecified atom stereocenters. The molecule has 108 valence electrons. The zero-order valence-corrected chi connectivity index (χ0v) is 13.2. The van der Waals surface area contributed by atoms with Crippen LogP contribution in [0.4, 0.5) is 0 Å². The summed E-state index contributed by atoms with van der Waals surface area (Å²) in [5.74, 6) is 0.678. The summed E-state index contributed by atoms with van der Waals surface area (Å²) in [5.41, 5.74) is 1.42. The summed E-state index contributed by atoms with van der Waals surface area (Å²) in [4.78, 5) is 2.33. The zero-order valence-electron chi connectivity index (χ0n) is 13.2. The summed E-state index contributed by atoms with van der Waals surface area (Å²) in [6.07, 6.45) is 2.29. The molecule has 1 N–H and O–H groups in total. The first-order valence-electron chi connectivity index (χ1n) is 7.48. The molecular weight excluding hydrogens is 232 g/mol. The molecule has 1 aromatic carbocycles. The Balaban J connectivity index is 2.48. The molecule has 0 aliphatic heterocycles. The van der Waals surface area contributed by atoms with Gasteiger partial charge < -0.3 is 10.2 Å². The molecule has 0 amide bonds. The molecular formula is C17H30N2. The average Bonchev–Trinajstić information content (AvgIpc) is 2.38. The second-order valence-corrected chi connectivity index (χ2v) is 5.98. The maximum atomic E-state index is 3.74. The highest BCUT2D eigenvalue weighted by molar-refractivity contribution is 5.15. The SMILES string of the molecule is CCC(Cc1ccccc1)NCC(C(C)C)N(C)C. The quantitative estimate of drug-likeness (QED) is 0.774. The number of nitrogens with one attached hydrogen (secondary N) is 1. The molecule has 0 aliphatic carbocycles. The van der Waals surface area contributed by atoms with Crippen LogP contribution in [0.1, 0.15) is 32.8 Å². The van der Waals surface area contributed by atoms with Gasteiger partial charge in [0, 0.05) is 18.6 Å². The van der Waals surface area contributed by atoms with Crippen molar-refractivity contribution in [3.05, 3.63) is 35.9 Å². The molecule has 2 nitrogen and oxygen atoms in total. The van der Waals surface area contributed by atoms with Gasteiger partial charge in [0.05, 0.1) is 0 Å². The van der Waals surface area contributed by atoms with Gasteiger partial charge in [0.15, 0.2) is 0 Å². The molecule has 0 saturated carbocycles. The van der Waals surface area contributed by atoms with Gasteiger partial charge in [0.1, 0.15) is 0 Å². The van der Waals surface area contributed by atoms with Crippen molar-refractivity contribution in [2.75, 3.05) is 20.6 Å². The van der Waals surface area contributed by atoms with Crippen molar-refractivity contribution < 1.29 is 0 Å². The van der Waals surface area contributed by atoms with Crippen molar-refractivity contribution in [2.45, 2.75) is 45.7 Å². The van der Waals surface area contributed by atoms with Gasteiger partial charge in [-0.05, 0) is 38.4 Å². The Labute approximate surface area is 119 Å². The molecule has 0 bridgehead atoms. The summed E-state index contributed by atoms with van der Waals surface area (Å²) in [7, 11) is 4.34. The second kappa shape index (κ2) is 8.34. The summed E-state index contributed by atoms with van der Waals surface area (Å²) < 4.78 is 0. The van der Waals surface area contributed by atoms with Crippen LogP contribution in [0.2, 0.25) is 0 Å². The Hall–Kier alpha value is -0.860. The first kappa shape index (κ1) is 16.2. The van der Waals surface area contributed by atoms with Crippen molar-refractivity contribution in [3.8, 4) is 0 Å². The van der Waals surface area contributed by atoms with Crippen LogP contribution in [0.25, 0.3) is 0 Å². The van der Waals surface area contributed by atoms with Gasteiger partial charge in [-0.3, -0.25) is 0 Å². The Bertz CT molecular complexity index is 324. The minimum atomic E-state index is 0.573. The van der Waals surface area contributed by atoms with E-state index < -0.39 is 0 Å². The van der Waals surface area contributed by atoms with Gasteiger partial charge in [-0.25, -0.2) is 0 Å². The third-order valence-corrected chi connectivity index (χ3v) is 3.87. The van der Waals surface area contributed by atoms with E-state index in [1.54, 1.807) is 0 Å². The first-order chi connectivity index (χ1) is 9.04. The highest BCUT2D eigenvalue weighted by Crippen LogP contribution is 2.09. The van der Waals surface area contributed by atoms with E-state index in [9.17, 15) is 0 Å². The smallest absolute Gasteiger partial charge is 0.0237 e. The molecule has 0 aromatic heterocycles. The van der Waals surface area contributed by atoms with Crippen LogP contribution in [-0.4, -0.2) is 37.6 Å². The molecule has 0 spiro atoms. The van der Waals surface area contributed by atoms with E-state index in [2.05, 4.69) is 75.4 Å². The molecule has 19 heavy (non-hydrogen) atoms. The number of hydrogen-bond acceptors (Lipinski definition) is 2. The Morgan fingerprint density at radius 2 is 1.74 bits per heavy atom. The van der Waals surface area contributed by atoms with Crippen molar-refractivity contribution >= 4 is 0 Å². The zero-order chi connectivity index (χ0) is 14.3. The Kier molecular flexibility index (Phi) is 7.11. The highest BCUT2D eigenvalue weighted by atomic mass is 15.1. The predicted molar refractivity (Wildman–Crippen MR) is 84.5 cm³/mol. The molecule has 0 heterocycles. The largest absolute Gasteiger partial charge is 0.312 e. The molecule has 0 saturated heterocycles. The van der Waals surface area contributed by atoms with Gasteiger partial charge >= 0.3 is 0 Å². The molecule has 2 heteroatoms. The lowest BCUT2D eigenvalue weighted by molar-refractivity contribution is 0.217. The van der Waals surface area contributed by atoms with Gasteiger partial charge in [0.25, 0.3) is 0 Å². The molecule has 0 aliphatic rings. The maximum Gasteiger partial charge on any atom is 0.0237 e. The molecule has 1 rings (SSSR count). The Morgan fingerprint density at radius 1 is 1.11 bits per heavy atom. The van der Waals surface area contributed by atoms with Crippen molar-refractivity contribution in [2.24, 2.45) is 5.92 Å². The average molecular weight is 262 g/mol. The standard InChI is InChI=1S/C17H30N2/c1-6-16(12-15-10-8-7-9-11-15)18-13-17(14(2)3)19(4)5/h7-11,14,16-18H,6,12-13H2,1-5H3. The lowest BCUT2D eigenvalue weighted by Gasteiger charge is -2.30. The summed E-state index contributed by atoms with van der Waals surface area (Å²) in [5, 5.41) is 3.74. The van der Waals surface area contributed by atoms with Gasteiger partial charge in [-0.1, -0.05) is 51.1 Å². The van der Waals surface area contributed by atoms with Crippen LogP contribution in [0, 0.1) is 5.92 Å². The molecule has 0 radical (unpaired) electrons. The first-order valence-corrected chi connectivity index (χ1v) is 7.48. The molecule has 2 atom stereocenters. The fraction of sp³-hybridized carbons (Fsp3) is 0.647. The van der Waals surface area contributed by atoms with E-state index in [1.165, 1.54) is 12.0 Å². The minimum absolute atomic E-state index is 0.573. The van der Waals surface area contributed by atoms with E-state index >= 15 is 0 Å². The van der Waals surface area contributed by atoms with Crippen LogP contribution >= 0.6 is 0 Å². The maximum absolute atomic E-state index is 3.74. The van der Waals surface area contributed by atoms with Crippen LogP contribution in [0.5, 0.6) is 0 Å². The summed E-state index contributed by atoms with van der Waals surface area (Å²) in [6.45, 7) is 7.92. The fourth-order valence-electron chi connectivity index (χ4n) is 2.56. The summed E-state index contributed by atoms with van der Waals surface area (Å²) in [6, 6.07) is 11.9. The number of hydrogen-bond donors (Lipinski definition) is 1. The van der Waals surface area contributed by atoms with Crippen molar-refractivity contribution in [1.29, 1.82) is 0 Å². The van der Waals surface area contributed by atoms with Gasteiger partial charge in [-0.15, -0.1) is 0 Å². The number of nitrogens with zero attached hydrogens (tertiary/aromatic N) is 1. The lowest BCUT2D eigenvalue weighted by Crippen LogP contribution is -2.45. The topological polar surface area (TPSA) is 15.3 Å². The van der Waals surface area contributed by atoms with Gasteiger partial charge in [-0.2, -0.15) is 0 Å². The van der Waals surface area contributed by atoms with E-state index in [-0.39, 0.29) is 0 Å². The molecule has 1 aromatic rings.